The molecule has 2 aliphatic rings. The van der Waals surface area contributed by atoms with Gasteiger partial charge in [0.15, 0.2) is 11.0 Å². The van der Waals surface area contributed by atoms with Crippen molar-refractivity contribution in [2.24, 2.45) is 0 Å². The van der Waals surface area contributed by atoms with Crippen molar-refractivity contribution >= 4 is 11.0 Å². The Hall–Kier alpha value is -3.31. The van der Waals surface area contributed by atoms with Crippen molar-refractivity contribution in [3.8, 4) is 28.6 Å². The lowest BCUT2D eigenvalue weighted by atomic mass is 9.89. The number of aliphatic hydroxyl groups is 7. The number of aromatic hydroxyl groups is 2. The van der Waals surface area contributed by atoms with E-state index in [0.717, 1.165) is 12.1 Å². The maximum absolute atomic E-state index is 13.0. The van der Waals surface area contributed by atoms with Crippen molar-refractivity contribution in [3.05, 3.63) is 52.2 Å². The highest BCUT2D eigenvalue weighted by Crippen LogP contribution is 2.43. The highest BCUT2D eigenvalue weighted by atomic mass is 16.7. The van der Waals surface area contributed by atoms with Gasteiger partial charge in [0.2, 0.25) is 6.29 Å². The molecule has 0 radical (unpaired) electrons. The van der Waals surface area contributed by atoms with E-state index in [1.807, 2.05) is 0 Å². The van der Waals surface area contributed by atoms with Crippen LogP contribution < -0.4 is 10.2 Å². The van der Waals surface area contributed by atoms with Crippen LogP contribution in [-0.4, -0.2) is 108 Å². The van der Waals surface area contributed by atoms with Crippen LogP contribution in [0.2, 0.25) is 0 Å². The maximum atomic E-state index is 13.0. The molecule has 2 aromatic carbocycles. The van der Waals surface area contributed by atoms with E-state index in [1.165, 1.54) is 24.3 Å². The van der Waals surface area contributed by atoms with Crippen LogP contribution in [0.1, 0.15) is 11.7 Å². The smallest absolute Gasteiger partial charge is 0.228 e. The summed E-state index contributed by atoms with van der Waals surface area (Å²) in [5.41, 5.74) is -1.05. The number of aliphatic hydroxyl groups excluding tert-OH is 7. The Morgan fingerprint density at radius 1 is 0.850 bits per heavy atom. The first kappa shape index (κ1) is 28.2. The van der Waals surface area contributed by atoms with Crippen molar-refractivity contribution in [1.82, 2.24) is 0 Å². The summed E-state index contributed by atoms with van der Waals surface area (Å²) in [5, 5.41) is 90.7. The van der Waals surface area contributed by atoms with Crippen molar-refractivity contribution in [3.63, 3.8) is 0 Å². The van der Waals surface area contributed by atoms with Gasteiger partial charge >= 0.3 is 0 Å². The average Bonchev–Trinajstić information content (AvgIpc) is 2.93. The van der Waals surface area contributed by atoms with E-state index in [0.29, 0.717) is 5.56 Å². The van der Waals surface area contributed by atoms with Gasteiger partial charge in [-0.3, -0.25) is 4.79 Å². The van der Waals surface area contributed by atoms with E-state index in [-0.39, 0.29) is 34.6 Å². The molecule has 5 rings (SSSR count). The maximum Gasteiger partial charge on any atom is 0.228 e. The second-order valence-electron chi connectivity index (χ2n) is 9.65. The van der Waals surface area contributed by atoms with Gasteiger partial charge in [0, 0.05) is 17.7 Å². The second kappa shape index (κ2) is 10.9. The zero-order chi connectivity index (χ0) is 28.9. The Kier molecular flexibility index (Phi) is 7.71. The normalized spacial score (nSPS) is 32.7. The fourth-order valence-electron chi connectivity index (χ4n) is 4.79. The Bertz CT molecular complexity index is 1420. The minimum atomic E-state index is -1.81. The molecule has 14 heteroatoms. The molecular formula is C26H28O14. The highest BCUT2D eigenvalue weighted by molar-refractivity contribution is 5.89. The highest BCUT2D eigenvalue weighted by Gasteiger charge is 2.46. The number of rotatable bonds is 5. The molecule has 0 bridgehead atoms. The SMILES string of the molecule is O=c1cc(-c2ccc(O[C@@H]3OC[C@H](O)[C@H](O)[C@@H]3O)cc2)oc2c([C@H]3O[C@@H](CO)[C@@H](O)[C@@H](O)[C@@H]3O)c(O)cc(O)c12. The lowest BCUT2D eigenvalue weighted by Crippen LogP contribution is -2.55. The van der Waals surface area contributed by atoms with Crippen LogP contribution in [0.4, 0.5) is 0 Å². The summed E-state index contributed by atoms with van der Waals surface area (Å²) in [6.45, 7) is -0.982. The number of benzene rings is 2. The molecule has 3 heterocycles. The molecule has 3 aromatic rings. The number of fused-ring (bicyclic) bond motifs is 1. The Morgan fingerprint density at radius 3 is 2.23 bits per heavy atom. The first-order valence-electron chi connectivity index (χ1n) is 12.3. The summed E-state index contributed by atoms with van der Waals surface area (Å²) >= 11 is 0. The summed E-state index contributed by atoms with van der Waals surface area (Å²) in [7, 11) is 0. The van der Waals surface area contributed by atoms with Crippen LogP contribution in [0.3, 0.4) is 0 Å². The molecule has 2 fully saturated rings. The quantitative estimate of drug-likeness (QED) is 0.166. The van der Waals surface area contributed by atoms with Crippen LogP contribution >= 0.6 is 0 Å². The Labute approximate surface area is 225 Å². The van der Waals surface area contributed by atoms with Crippen molar-refractivity contribution in [2.45, 2.75) is 55.1 Å². The standard InChI is InChI=1S/C26H28O14/c27-7-16-20(33)21(34)22(35)25(40-16)18-12(29)5-11(28)17-13(30)6-15(39-24(17)18)9-1-3-10(4-2-9)38-26-23(36)19(32)14(31)8-37-26/h1-6,14,16,19-23,25-29,31-36H,7-8H2/t14-,16-,19-,20+,21+,22-,23-,25+,26-/m0/s1. The molecule has 216 valence electrons. The van der Waals surface area contributed by atoms with E-state index in [9.17, 15) is 50.8 Å². The predicted molar refractivity (Wildman–Crippen MR) is 132 cm³/mol. The van der Waals surface area contributed by atoms with Gasteiger partial charge < -0.3 is 64.6 Å². The van der Waals surface area contributed by atoms with Crippen LogP contribution in [0.5, 0.6) is 17.2 Å². The van der Waals surface area contributed by atoms with Gasteiger partial charge in [0.1, 0.15) is 77.2 Å². The van der Waals surface area contributed by atoms with Gasteiger partial charge in [-0.05, 0) is 24.3 Å². The third-order valence-corrected chi connectivity index (χ3v) is 7.02. The number of phenolic OH excluding ortho intramolecular Hbond substituents is 2. The lowest BCUT2D eigenvalue weighted by molar-refractivity contribution is -0.242. The van der Waals surface area contributed by atoms with E-state index in [1.54, 1.807) is 0 Å². The van der Waals surface area contributed by atoms with Crippen LogP contribution in [0, 0.1) is 0 Å². The summed E-state index contributed by atoms with van der Waals surface area (Å²) < 4.78 is 22.2. The third kappa shape index (κ3) is 4.89. The molecule has 9 N–H and O–H groups in total. The molecule has 40 heavy (non-hydrogen) atoms. The fourth-order valence-corrected chi connectivity index (χ4v) is 4.79. The number of phenols is 2. The van der Waals surface area contributed by atoms with Gasteiger partial charge in [-0.15, -0.1) is 0 Å². The van der Waals surface area contributed by atoms with Gasteiger partial charge in [0.05, 0.1) is 18.8 Å². The average molecular weight is 564 g/mol. The molecule has 0 spiro atoms. The van der Waals surface area contributed by atoms with Gasteiger partial charge in [-0.25, -0.2) is 0 Å². The van der Waals surface area contributed by atoms with Gasteiger partial charge in [-0.2, -0.15) is 0 Å². The van der Waals surface area contributed by atoms with Crippen LogP contribution in [0.25, 0.3) is 22.3 Å². The predicted octanol–water partition coefficient (Wildman–Crippen LogP) is -1.80. The molecule has 0 unspecified atom stereocenters. The van der Waals surface area contributed by atoms with E-state index in [2.05, 4.69) is 0 Å². The summed E-state index contributed by atoms with van der Waals surface area (Å²) in [6, 6.07) is 7.79. The Morgan fingerprint density at radius 2 is 1.55 bits per heavy atom. The molecule has 0 aliphatic carbocycles. The van der Waals surface area contributed by atoms with Crippen molar-refractivity contribution in [2.75, 3.05) is 13.2 Å². The first-order valence-corrected chi connectivity index (χ1v) is 12.3. The topological polar surface area (TPSA) is 240 Å². The summed E-state index contributed by atoms with van der Waals surface area (Å²) in [4.78, 5) is 13.0. The zero-order valence-corrected chi connectivity index (χ0v) is 20.6. The molecule has 2 saturated heterocycles. The molecular weight excluding hydrogens is 536 g/mol. The zero-order valence-electron chi connectivity index (χ0n) is 20.6. The summed E-state index contributed by atoms with van der Waals surface area (Å²) in [6.07, 6.45) is -13.6. The number of hydrogen-bond acceptors (Lipinski definition) is 14. The Balaban J connectivity index is 1.52. The third-order valence-electron chi connectivity index (χ3n) is 7.02. The number of ether oxygens (including phenoxy) is 3. The van der Waals surface area contributed by atoms with Crippen molar-refractivity contribution < 1.29 is 64.6 Å². The first-order chi connectivity index (χ1) is 19.0. The van der Waals surface area contributed by atoms with E-state index >= 15 is 0 Å². The molecule has 0 saturated carbocycles. The largest absolute Gasteiger partial charge is 0.507 e. The molecule has 9 atom stereocenters. The monoisotopic (exact) mass is 564 g/mol. The van der Waals surface area contributed by atoms with Crippen molar-refractivity contribution in [1.29, 1.82) is 0 Å². The molecule has 0 amide bonds. The number of hydrogen-bond donors (Lipinski definition) is 9. The lowest BCUT2D eigenvalue weighted by Gasteiger charge is -2.40. The molecule has 14 nitrogen and oxygen atoms in total. The molecule has 1 aromatic heterocycles. The minimum Gasteiger partial charge on any atom is -0.507 e. The van der Waals surface area contributed by atoms with Crippen LogP contribution in [0.15, 0.2) is 45.6 Å². The molecule has 2 aliphatic heterocycles. The fraction of sp³-hybridized carbons (Fsp3) is 0.423. The summed E-state index contributed by atoms with van der Waals surface area (Å²) in [5.74, 6) is -1.09. The van der Waals surface area contributed by atoms with Crippen LogP contribution in [-0.2, 0) is 9.47 Å². The van der Waals surface area contributed by atoms with Gasteiger partial charge in [-0.1, -0.05) is 0 Å². The second-order valence-corrected chi connectivity index (χ2v) is 9.65. The van der Waals surface area contributed by atoms with Gasteiger partial charge in [0.25, 0.3) is 0 Å². The van der Waals surface area contributed by atoms with E-state index < -0.39 is 78.7 Å². The minimum absolute atomic E-state index is 0.0348. The van der Waals surface area contributed by atoms with E-state index in [4.69, 9.17) is 18.6 Å².